The zero-order chi connectivity index (χ0) is 36.3. The van der Waals surface area contributed by atoms with Crippen LogP contribution < -0.4 is 5.32 Å². The predicted molar refractivity (Wildman–Crippen MR) is 190 cm³/mol. The fourth-order valence-electron chi connectivity index (χ4n) is 6.03. The van der Waals surface area contributed by atoms with Gasteiger partial charge in [0.15, 0.2) is 6.29 Å². The molecule has 0 aliphatic carbocycles. The summed E-state index contributed by atoms with van der Waals surface area (Å²) < 4.78 is 47.3. The summed E-state index contributed by atoms with van der Waals surface area (Å²) in [5.41, 5.74) is 0. The van der Waals surface area contributed by atoms with Gasteiger partial charge in [-0.3, -0.25) is 9.35 Å². The highest BCUT2D eigenvalue weighted by Crippen LogP contribution is 2.26. The molecule has 1 rings (SSSR count). The first-order chi connectivity index (χ1) is 23.5. The monoisotopic (exact) mass is 723 g/mol. The van der Waals surface area contributed by atoms with Gasteiger partial charge in [0.05, 0.1) is 25.4 Å². The quantitative estimate of drug-likeness (QED) is 0.0294. The number of amides is 1. The molecule has 0 aromatic carbocycles. The van der Waals surface area contributed by atoms with Gasteiger partial charge in [-0.15, -0.1) is 0 Å². The molecule has 1 heterocycles. The molecule has 0 radical (unpaired) electrons. The van der Waals surface area contributed by atoms with Gasteiger partial charge < -0.3 is 35.2 Å². The molecule has 0 aromatic rings. The van der Waals surface area contributed by atoms with Gasteiger partial charge in [-0.2, -0.15) is 8.42 Å². The molecule has 1 aliphatic rings. The summed E-state index contributed by atoms with van der Waals surface area (Å²) in [6.07, 6.45) is 18.0. The van der Waals surface area contributed by atoms with Crippen LogP contribution in [-0.4, -0.2) is 95.4 Å². The highest BCUT2D eigenvalue weighted by atomic mass is 32.3. The minimum Gasteiger partial charge on any atom is -0.394 e. The Morgan fingerprint density at radius 2 is 1.33 bits per heavy atom. The Kier molecular flexibility index (Phi) is 26.6. The molecule has 0 aromatic heterocycles. The van der Waals surface area contributed by atoms with Gasteiger partial charge >= 0.3 is 10.4 Å². The minimum atomic E-state index is -5.07. The van der Waals surface area contributed by atoms with E-state index in [-0.39, 0.29) is 18.9 Å². The van der Waals surface area contributed by atoms with Crippen LogP contribution in [0, 0.1) is 0 Å². The van der Waals surface area contributed by atoms with Gasteiger partial charge in [-0.05, 0) is 32.1 Å². The van der Waals surface area contributed by atoms with E-state index in [4.69, 9.17) is 14.0 Å². The van der Waals surface area contributed by atoms with Gasteiger partial charge in [0.1, 0.15) is 24.4 Å². The normalized spacial score (nSPS) is 22.8. The summed E-state index contributed by atoms with van der Waals surface area (Å²) in [5, 5.41) is 44.5. The summed E-state index contributed by atoms with van der Waals surface area (Å²) in [4.78, 5) is 12.9. The fourth-order valence-corrected chi connectivity index (χ4v) is 6.53. The molecule has 1 amide bonds. The number of hydrogen-bond donors (Lipinski definition) is 6. The molecule has 6 N–H and O–H groups in total. The van der Waals surface area contributed by atoms with Crippen LogP contribution in [-0.2, 0) is 28.9 Å². The van der Waals surface area contributed by atoms with Crippen molar-refractivity contribution in [1.29, 1.82) is 0 Å². The first-order valence-electron chi connectivity index (χ1n) is 19.1. The Labute approximate surface area is 296 Å². The molecule has 0 bridgehead atoms. The first kappa shape index (κ1) is 45.9. The number of unbranched alkanes of at least 4 members (excludes halogenated alkanes) is 17. The standard InChI is InChI=1S/C36H69NO11S/c1-3-5-7-9-11-13-15-17-19-21-23-25-30(39)29(37-32(40)26-24-22-20-18-16-14-12-10-8-6-4-2)28-46-36-34(42)35(48-49(43,44)45)33(41)31(27-38)47-36/h10,12,29-31,33-36,38-39,41-42H,3-9,11,13-28H2,1-2H3,(H,37,40)(H,43,44,45)/b12-10-. The Bertz CT molecular complexity index is 951. The number of carbonyl (C=O) groups excluding carboxylic acids is 1. The molecular weight excluding hydrogens is 654 g/mol. The number of aliphatic hydroxyl groups is 4. The van der Waals surface area contributed by atoms with Crippen LogP contribution >= 0.6 is 0 Å². The number of ether oxygens (including phenoxy) is 2. The topological polar surface area (TPSA) is 192 Å². The zero-order valence-corrected chi connectivity index (χ0v) is 31.1. The molecule has 1 aliphatic heterocycles. The summed E-state index contributed by atoms with van der Waals surface area (Å²) in [7, 11) is -5.07. The number of nitrogens with one attached hydrogen (secondary N) is 1. The molecule has 290 valence electrons. The molecule has 49 heavy (non-hydrogen) atoms. The predicted octanol–water partition coefficient (Wildman–Crippen LogP) is 5.65. The lowest BCUT2D eigenvalue weighted by molar-refractivity contribution is -0.298. The van der Waals surface area contributed by atoms with E-state index in [9.17, 15) is 33.6 Å². The van der Waals surface area contributed by atoms with E-state index in [1.807, 2.05) is 0 Å². The van der Waals surface area contributed by atoms with Crippen molar-refractivity contribution in [2.24, 2.45) is 0 Å². The van der Waals surface area contributed by atoms with Crippen LogP contribution in [0.4, 0.5) is 0 Å². The molecule has 7 atom stereocenters. The van der Waals surface area contributed by atoms with Crippen LogP contribution in [0.2, 0.25) is 0 Å². The van der Waals surface area contributed by atoms with E-state index in [0.29, 0.717) is 12.8 Å². The van der Waals surface area contributed by atoms with Crippen molar-refractivity contribution in [2.45, 2.75) is 198 Å². The van der Waals surface area contributed by atoms with Crippen molar-refractivity contribution >= 4 is 16.3 Å². The molecular formula is C36H69NO11S. The Balaban J connectivity index is 2.63. The SMILES string of the molecule is CCCC/C=C\CCCCCCCC(=O)NC(COC1OC(CO)C(O)C(OS(=O)(=O)O)C1O)C(O)CCCCCCCCCCCCC. The van der Waals surface area contributed by atoms with Crippen LogP contribution in [0.5, 0.6) is 0 Å². The number of hydrogen-bond acceptors (Lipinski definition) is 10. The molecule has 7 unspecified atom stereocenters. The second-order valence-corrected chi connectivity index (χ2v) is 14.6. The molecule has 13 heteroatoms. The van der Waals surface area contributed by atoms with E-state index in [1.54, 1.807) is 0 Å². The van der Waals surface area contributed by atoms with Gasteiger partial charge in [-0.25, -0.2) is 4.18 Å². The van der Waals surface area contributed by atoms with Gasteiger partial charge in [0.2, 0.25) is 5.91 Å². The number of aliphatic hydroxyl groups excluding tert-OH is 4. The van der Waals surface area contributed by atoms with E-state index in [1.165, 1.54) is 57.8 Å². The molecule has 0 spiro atoms. The maximum absolute atomic E-state index is 12.9. The lowest BCUT2D eigenvalue weighted by Gasteiger charge is -2.41. The third kappa shape index (κ3) is 22.4. The summed E-state index contributed by atoms with van der Waals surface area (Å²) in [6, 6.07) is -0.855. The van der Waals surface area contributed by atoms with Crippen molar-refractivity contribution < 1.29 is 51.8 Å². The molecule has 12 nitrogen and oxygen atoms in total. The smallest absolute Gasteiger partial charge is 0.394 e. The van der Waals surface area contributed by atoms with Crippen molar-refractivity contribution in [1.82, 2.24) is 5.32 Å². The van der Waals surface area contributed by atoms with Crippen LogP contribution in [0.1, 0.15) is 155 Å². The molecule has 1 saturated heterocycles. The van der Waals surface area contributed by atoms with Gasteiger partial charge in [-0.1, -0.05) is 129 Å². The molecule has 1 fully saturated rings. The Hall–Kier alpha value is -1.16. The second-order valence-electron chi connectivity index (χ2n) is 13.5. The Morgan fingerprint density at radius 1 is 0.796 bits per heavy atom. The van der Waals surface area contributed by atoms with Gasteiger partial charge in [0, 0.05) is 6.42 Å². The summed E-state index contributed by atoms with van der Waals surface area (Å²) in [5.74, 6) is -0.244. The van der Waals surface area contributed by atoms with Crippen molar-refractivity contribution in [3.05, 3.63) is 12.2 Å². The highest BCUT2D eigenvalue weighted by Gasteiger charge is 2.48. The highest BCUT2D eigenvalue weighted by molar-refractivity contribution is 7.80. The van der Waals surface area contributed by atoms with Crippen molar-refractivity contribution in [3.63, 3.8) is 0 Å². The van der Waals surface area contributed by atoms with Crippen molar-refractivity contribution in [3.8, 4) is 0 Å². The largest absolute Gasteiger partial charge is 0.397 e. The second kappa shape index (κ2) is 28.4. The average molecular weight is 724 g/mol. The number of carbonyl (C=O) groups is 1. The minimum absolute atomic E-state index is 0.244. The van der Waals surface area contributed by atoms with E-state index >= 15 is 0 Å². The van der Waals surface area contributed by atoms with E-state index in [2.05, 4.69) is 35.5 Å². The molecule has 0 saturated carbocycles. The maximum atomic E-state index is 12.9. The zero-order valence-electron chi connectivity index (χ0n) is 30.3. The van der Waals surface area contributed by atoms with Crippen LogP contribution in [0.25, 0.3) is 0 Å². The number of rotatable bonds is 31. The maximum Gasteiger partial charge on any atom is 0.397 e. The van der Waals surface area contributed by atoms with Gasteiger partial charge in [0.25, 0.3) is 0 Å². The summed E-state index contributed by atoms with van der Waals surface area (Å²) in [6.45, 7) is 3.35. The summed E-state index contributed by atoms with van der Waals surface area (Å²) >= 11 is 0. The first-order valence-corrected chi connectivity index (χ1v) is 20.4. The van der Waals surface area contributed by atoms with Crippen molar-refractivity contribution in [2.75, 3.05) is 13.2 Å². The number of allylic oxidation sites excluding steroid dienone is 2. The third-order valence-electron chi connectivity index (χ3n) is 9.07. The Morgan fingerprint density at radius 3 is 1.90 bits per heavy atom. The third-order valence-corrected chi connectivity index (χ3v) is 9.54. The van der Waals surface area contributed by atoms with Crippen LogP contribution in [0.15, 0.2) is 12.2 Å². The lowest BCUT2D eigenvalue weighted by Crippen LogP contribution is -2.61. The van der Waals surface area contributed by atoms with Crippen LogP contribution in [0.3, 0.4) is 0 Å². The van der Waals surface area contributed by atoms with E-state index in [0.717, 1.165) is 64.2 Å². The lowest BCUT2D eigenvalue weighted by atomic mass is 9.99. The fraction of sp³-hybridized carbons (Fsp3) is 0.917. The average Bonchev–Trinajstić information content (AvgIpc) is 3.06. The van der Waals surface area contributed by atoms with E-state index < -0.39 is 59.9 Å².